The van der Waals surface area contributed by atoms with Gasteiger partial charge in [-0.25, -0.2) is 4.79 Å². The number of amides is 1. The normalized spacial score (nSPS) is 23.8. The highest BCUT2D eigenvalue weighted by molar-refractivity contribution is 5.67. The largest absolute Gasteiger partial charge is 0.497 e. The average Bonchev–Trinajstić information content (AvgIpc) is 2.55. The van der Waals surface area contributed by atoms with Crippen LogP contribution in [0.1, 0.15) is 45.6 Å². The molecule has 0 heterocycles. The van der Waals surface area contributed by atoms with E-state index in [-0.39, 0.29) is 12.2 Å². The van der Waals surface area contributed by atoms with Gasteiger partial charge in [-0.3, -0.25) is 0 Å². The molecule has 1 aliphatic rings. The van der Waals surface area contributed by atoms with E-state index in [0.29, 0.717) is 24.3 Å². The molecule has 0 bridgehead atoms. The minimum atomic E-state index is -0.284. The van der Waals surface area contributed by atoms with Crippen LogP contribution in [0.4, 0.5) is 4.79 Å². The van der Waals surface area contributed by atoms with Crippen LogP contribution in [0, 0.1) is 17.8 Å². The van der Waals surface area contributed by atoms with E-state index in [4.69, 9.17) is 9.47 Å². The number of hydrogen-bond acceptors (Lipinski definition) is 3. The van der Waals surface area contributed by atoms with Crippen LogP contribution in [0.2, 0.25) is 0 Å². The Morgan fingerprint density at radius 3 is 2.58 bits per heavy atom. The Morgan fingerprint density at radius 2 is 1.96 bits per heavy atom. The van der Waals surface area contributed by atoms with Crippen molar-refractivity contribution in [2.24, 2.45) is 17.8 Å². The van der Waals surface area contributed by atoms with Gasteiger partial charge in [-0.2, -0.15) is 0 Å². The molecule has 134 valence electrons. The summed E-state index contributed by atoms with van der Waals surface area (Å²) in [5.74, 6) is 2.51. The zero-order valence-corrected chi connectivity index (χ0v) is 15.4. The number of alkyl carbamates (subject to hydrolysis) is 1. The first kappa shape index (κ1) is 18.6. The Kier molecular flexibility index (Phi) is 6.95. The zero-order chi connectivity index (χ0) is 17.5. The fourth-order valence-corrected chi connectivity index (χ4v) is 3.53. The Hall–Kier alpha value is -1.71. The quantitative estimate of drug-likeness (QED) is 0.838. The highest BCUT2D eigenvalue weighted by atomic mass is 16.6. The Bertz CT molecular complexity index is 512. The van der Waals surface area contributed by atoms with Crippen LogP contribution >= 0.6 is 0 Å². The number of methoxy groups -OCH3 is 1. The number of ether oxygens (including phenoxy) is 2. The fraction of sp³-hybridized carbons (Fsp3) is 0.650. The van der Waals surface area contributed by atoms with E-state index in [1.807, 2.05) is 24.3 Å². The SMILES string of the molecule is COc1ccc(CCNC(=O)O[C@@H]2C[C@H](C)CC[C@H]2C(C)C)cc1. The summed E-state index contributed by atoms with van der Waals surface area (Å²) < 4.78 is 10.9. The van der Waals surface area contributed by atoms with Gasteiger partial charge in [-0.15, -0.1) is 0 Å². The first-order valence-corrected chi connectivity index (χ1v) is 9.07. The first-order valence-electron chi connectivity index (χ1n) is 9.07. The van der Waals surface area contributed by atoms with Crippen LogP contribution in [0.3, 0.4) is 0 Å². The summed E-state index contributed by atoms with van der Waals surface area (Å²) in [4.78, 5) is 12.1. The molecule has 1 fully saturated rings. The van der Waals surface area contributed by atoms with Crippen molar-refractivity contribution < 1.29 is 14.3 Å². The number of hydrogen-bond donors (Lipinski definition) is 1. The maximum Gasteiger partial charge on any atom is 0.407 e. The molecule has 0 saturated heterocycles. The summed E-state index contributed by atoms with van der Waals surface area (Å²) >= 11 is 0. The van der Waals surface area contributed by atoms with Crippen molar-refractivity contribution in [3.05, 3.63) is 29.8 Å². The molecule has 0 spiro atoms. The highest BCUT2D eigenvalue weighted by Gasteiger charge is 2.33. The average molecular weight is 333 g/mol. The molecule has 1 aromatic carbocycles. The van der Waals surface area contributed by atoms with Gasteiger partial charge in [0.05, 0.1) is 7.11 Å². The summed E-state index contributed by atoms with van der Waals surface area (Å²) in [6.45, 7) is 7.27. The van der Waals surface area contributed by atoms with Crippen molar-refractivity contribution in [1.82, 2.24) is 5.32 Å². The molecule has 4 nitrogen and oxygen atoms in total. The lowest BCUT2D eigenvalue weighted by Crippen LogP contribution is -2.39. The lowest BCUT2D eigenvalue weighted by Gasteiger charge is -2.36. The minimum absolute atomic E-state index is 0.0507. The standard InChI is InChI=1S/C20H31NO3/c1-14(2)18-10-5-15(3)13-19(18)24-20(22)21-12-11-16-6-8-17(23-4)9-7-16/h6-9,14-15,18-19H,5,10-13H2,1-4H3,(H,21,22)/t15-,18+,19-/m1/s1. The van der Waals surface area contributed by atoms with Crippen molar-refractivity contribution in [2.45, 2.75) is 52.6 Å². The van der Waals surface area contributed by atoms with E-state index in [0.717, 1.165) is 25.0 Å². The van der Waals surface area contributed by atoms with Crippen molar-refractivity contribution >= 4 is 6.09 Å². The third-order valence-electron chi connectivity index (χ3n) is 5.06. The summed E-state index contributed by atoms with van der Waals surface area (Å²) in [7, 11) is 1.66. The highest BCUT2D eigenvalue weighted by Crippen LogP contribution is 2.35. The van der Waals surface area contributed by atoms with E-state index >= 15 is 0 Å². The molecular formula is C20H31NO3. The molecule has 1 saturated carbocycles. The second-order valence-electron chi connectivity index (χ2n) is 7.29. The molecular weight excluding hydrogens is 302 g/mol. The van der Waals surface area contributed by atoms with E-state index in [2.05, 4.69) is 26.1 Å². The molecule has 1 aliphatic carbocycles. The second kappa shape index (κ2) is 8.95. The third kappa shape index (κ3) is 5.43. The molecule has 0 unspecified atom stereocenters. The molecule has 0 aliphatic heterocycles. The van der Waals surface area contributed by atoms with E-state index in [9.17, 15) is 4.79 Å². The third-order valence-corrected chi connectivity index (χ3v) is 5.06. The van der Waals surface area contributed by atoms with E-state index in [1.54, 1.807) is 7.11 Å². The fourth-order valence-electron chi connectivity index (χ4n) is 3.53. The first-order chi connectivity index (χ1) is 11.5. The maximum absolute atomic E-state index is 12.1. The van der Waals surface area contributed by atoms with E-state index < -0.39 is 0 Å². The van der Waals surface area contributed by atoms with Crippen molar-refractivity contribution in [3.8, 4) is 5.75 Å². The number of rotatable bonds is 6. The van der Waals surface area contributed by atoms with Gasteiger partial charge in [-0.1, -0.05) is 39.3 Å². The summed E-state index contributed by atoms with van der Waals surface area (Å²) in [5, 5.41) is 2.89. The lowest BCUT2D eigenvalue weighted by atomic mass is 9.75. The topological polar surface area (TPSA) is 47.6 Å². The molecule has 3 atom stereocenters. The van der Waals surface area contributed by atoms with Gasteiger partial charge in [0.25, 0.3) is 0 Å². The summed E-state index contributed by atoms with van der Waals surface area (Å²) in [6.07, 6.45) is 3.93. The van der Waals surface area contributed by atoms with Crippen LogP contribution in [0.25, 0.3) is 0 Å². The smallest absolute Gasteiger partial charge is 0.407 e. The molecule has 24 heavy (non-hydrogen) atoms. The Morgan fingerprint density at radius 1 is 1.25 bits per heavy atom. The number of carbonyl (C=O) groups excluding carboxylic acids is 1. The predicted octanol–water partition coefficient (Wildman–Crippen LogP) is 4.42. The second-order valence-corrected chi connectivity index (χ2v) is 7.29. The number of nitrogens with one attached hydrogen (secondary N) is 1. The molecule has 1 aromatic rings. The van der Waals surface area contributed by atoms with Gasteiger partial charge in [0, 0.05) is 6.54 Å². The van der Waals surface area contributed by atoms with Gasteiger partial charge in [0.1, 0.15) is 11.9 Å². The van der Waals surface area contributed by atoms with Crippen LogP contribution in [0.15, 0.2) is 24.3 Å². The Balaban J connectivity index is 1.77. The van der Waals surface area contributed by atoms with Gasteiger partial charge in [-0.05, 0) is 54.7 Å². The summed E-state index contributed by atoms with van der Waals surface area (Å²) in [6, 6.07) is 7.90. The van der Waals surface area contributed by atoms with Crippen LogP contribution < -0.4 is 10.1 Å². The van der Waals surface area contributed by atoms with Gasteiger partial charge >= 0.3 is 6.09 Å². The monoisotopic (exact) mass is 333 g/mol. The van der Waals surface area contributed by atoms with Crippen LogP contribution in [-0.4, -0.2) is 25.9 Å². The number of benzene rings is 1. The lowest BCUT2D eigenvalue weighted by molar-refractivity contribution is 0.00630. The molecule has 1 N–H and O–H groups in total. The van der Waals surface area contributed by atoms with Gasteiger partial charge in [0.15, 0.2) is 0 Å². The van der Waals surface area contributed by atoms with Gasteiger partial charge in [0.2, 0.25) is 0 Å². The molecule has 0 aromatic heterocycles. The molecule has 2 rings (SSSR count). The molecule has 0 radical (unpaired) electrons. The van der Waals surface area contributed by atoms with Gasteiger partial charge < -0.3 is 14.8 Å². The van der Waals surface area contributed by atoms with Crippen LogP contribution in [0.5, 0.6) is 5.75 Å². The predicted molar refractivity (Wildman–Crippen MR) is 96.3 cm³/mol. The molecule has 4 heteroatoms. The minimum Gasteiger partial charge on any atom is -0.497 e. The van der Waals surface area contributed by atoms with Crippen molar-refractivity contribution in [1.29, 1.82) is 0 Å². The van der Waals surface area contributed by atoms with Crippen LogP contribution in [-0.2, 0) is 11.2 Å². The van der Waals surface area contributed by atoms with Crippen molar-refractivity contribution in [3.63, 3.8) is 0 Å². The van der Waals surface area contributed by atoms with Crippen molar-refractivity contribution in [2.75, 3.05) is 13.7 Å². The Labute approximate surface area is 145 Å². The van der Waals surface area contributed by atoms with E-state index in [1.165, 1.54) is 12.0 Å². The number of carbonyl (C=O) groups is 1. The maximum atomic E-state index is 12.1. The summed E-state index contributed by atoms with van der Waals surface area (Å²) in [5.41, 5.74) is 1.17. The molecule has 1 amide bonds. The zero-order valence-electron chi connectivity index (χ0n) is 15.4.